The van der Waals surface area contributed by atoms with E-state index in [4.69, 9.17) is 5.73 Å². The van der Waals surface area contributed by atoms with Crippen LogP contribution in [-0.4, -0.2) is 87.6 Å². The monoisotopic (exact) mass is 418 g/mol. The Labute approximate surface area is 168 Å². The molecule has 1 heterocycles. The Morgan fingerprint density at radius 1 is 1.25 bits per heavy atom. The molecule has 0 bridgehead atoms. The molecule has 11 heteroatoms. The number of carbonyl (C=O) groups excluding carboxylic acids is 3. The van der Waals surface area contributed by atoms with Gasteiger partial charge >= 0.3 is 5.97 Å². The molecule has 6 N–H and O–H groups in total. The number of aliphatic hydroxyl groups is 1. The van der Waals surface area contributed by atoms with Gasteiger partial charge in [-0.2, -0.15) is 11.8 Å². The van der Waals surface area contributed by atoms with Crippen LogP contribution < -0.4 is 16.4 Å². The summed E-state index contributed by atoms with van der Waals surface area (Å²) in [6, 6.07) is -3.99. The Kier molecular flexibility index (Phi) is 9.70. The maximum absolute atomic E-state index is 12.6. The fraction of sp³-hybridized carbons (Fsp3) is 0.765. The van der Waals surface area contributed by atoms with Crippen LogP contribution in [0.4, 0.5) is 0 Å². The van der Waals surface area contributed by atoms with Gasteiger partial charge in [-0.1, -0.05) is 0 Å². The van der Waals surface area contributed by atoms with Crippen molar-refractivity contribution in [1.82, 2.24) is 15.5 Å². The van der Waals surface area contributed by atoms with Gasteiger partial charge in [0, 0.05) is 6.54 Å². The largest absolute Gasteiger partial charge is 0.480 e. The van der Waals surface area contributed by atoms with E-state index in [0.717, 1.165) is 0 Å². The average molecular weight is 419 g/mol. The maximum atomic E-state index is 12.6. The van der Waals surface area contributed by atoms with Crippen LogP contribution in [0.2, 0.25) is 0 Å². The highest BCUT2D eigenvalue weighted by Crippen LogP contribution is 2.18. The zero-order valence-electron chi connectivity index (χ0n) is 16.4. The fourth-order valence-electron chi connectivity index (χ4n) is 2.97. The number of amides is 3. The van der Waals surface area contributed by atoms with E-state index in [1.807, 2.05) is 6.26 Å². The summed E-state index contributed by atoms with van der Waals surface area (Å²) in [6.07, 6.45) is 1.82. The van der Waals surface area contributed by atoms with Gasteiger partial charge in [-0.25, -0.2) is 4.79 Å². The standard InChI is InChI=1S/C17H30N4O6S/c1-9(18)16(25)21-7-4-5-12(21)14(23)20-13(10(2)22)15(24)19-11(17(26)27)6-8-28-3/h9-13,22H,4-8,18H2,1-3H3,(H,19,24)(H,20,23)(H,26,27). The fourth-order valence-corrected chi connectivity index (χ4v) is 3.45. The van der Waals surface area contributed by atoms with Gasteiger partial charge in [-0.3, -0.25) is 14.4 Å². The number of aliphatic carboxylic acids is 1. The Bertz CT molecular complexity index is 586. The third-order valence-electron chi connectivity index (χ3n) is 4.52. The van der Waals surface area contributed by atoms with Crippen LogP contribution in [0.15, 0.2) is 0 Å². The zero-order chi connectivity index (χ0) is 21.4. The van der Waals surface area contributed by atoms with E-state index < -0.39 is 48.1 Å². The number of rotatable bonds is 10. The van der Waals surface area contributed by atoms with Gasteiger partial charge < -0.3 is 31.5 Å². The van der Waals surface area contributed by atoms with Gasteiger partial charge in [0.1, 0.15) is 18.1 Å². The summed E-state index contributed by atoms with van der Waals surface area (Å²) in [6.45, 7) is 3.24. The number of nitrogens with one attached hydrogen (secondary N) is 2. The smallest absolute Gasteiger partial charge is 0.326 e. The Morgan fingerprint density at radius 2 is 1.89 bits per heavy atom. The van der Waals surface area contributed by atoms with Gasteiger partial charge in [0.2, 0.25) is 17.7 Å². The second kappa shape index (κ2) is 11.2. The molecule has 1 aliphatic rings. The van der Waals surface area contributed by atoms with Crippen LogP contribution in [0.25, 0.3) is 0 Å². The Balaban J connectivity index is 2.82. The molecule has 5 atom stereocenters. The second-order valence-corrected chi connectivity index (χ2v) is 7.87. The minimum absolute atomic E-state index is 0.210. The molecule has 0 aromatic rings. The first-order valence-electron chi connectivity index (χ1n) is 9.16. The van der Waals surface area contributed by atoms with E-state index in [2.05, 4.69) is 10.6 Å². The van der Waals surface area contributed by atoms with Gasteiger partial charge in [-0.15, -0.1) is 0 Å². The lowest BCUT2D eigenvalue weighted by atomic mass is 10.1. The predicted molar refractivity (Wildman–Crippen MR) is 105 cm³/mol. The van der Waals surface area contributed by atoms with Crippen LogP contribution in [0.1, 0.15) is 33.1 Å². The number of carboxylic acid groups (broad SMARTS) is 1. The van der Waals surface area contributed by atoms with E-state index in [0.29, 0.717) is 25.1 Å². The molecule has 0 radical (unpaired) electrons. The lowest BCUT2D eigenvalue weighted by Gasteiger charge is -2.28. The van der Waals surface area contributed by atoms with Crippen LogP contribution in [0.5, 0.6) is 0 Å². The molecule has 160 valence electrons. The van der Waals surface area contributed by atoms with Crippen LogP contribution in [0.3, 0.4) is 0 Å². The number of carboxylic acids is 1. The molecule has 3 amide bonds. The van der Waals surface area contributed by atoms with Crippen molar-refractivity contribution in [3.05, 3.63) is 0 Å². The Hall–Kier alpha value is -1.85. The third kappa shape index (κ3) is 6.64. The van der Waals surface area contributed by atoms with Gasteiger partial charge in [-0.05, 0) is 45.1 Å². The summed E-state index contributed by atoms with van der Waals surface area (Å²) in [7, 11) is 0. The third-order valence-corrected chi connectivity index (χ3v) is 5.16. The average Bonchev–Trinajstić information content (AvgIpc) is 3.11. The molecule has 0 saturated carbocycles. The number of hydrogen-bond donors (Lipinski definition) is 5. The number of hydrogen-bond acceptors (Lipinski definition) is 7. The summed E-state index contributed by atoms with van der Waals surface area (Å²) >= 11 is 1.44. The first kappa shape index (κ1) is 24.2. The molecule has 1 rings (SSSR count). The van der Waals surface area contributed by atoms with Gasteiger partial charge in [0.05, 0.1) is 12.1 Å². The first-order valence-corrected chi connectivity index (χ1v) is 10.6. The molecular weight excluding hydrogens is 388 g/mol. The molecule has 5 unspecified atom stereocenters. The number of likely N-dealkylation sites (tertiary alicyclic amines) is 1. The van der Waals surface area contributed by atoms with Crippen molar-refractivity contribution in [2.75, 3.05) is 18.6 Å². The van der Waals surface area contributed by atoms with Crippen LogP contribution in [-0.2, 0) is 19.2 Å². The summed E-state index contributed by atoms with van der Waals surface area (Å²) in [5.74, 6) is -2.40. The molecule has 0 aliphatic carbocycles. The first-order chi connectivity index (χ1) is 13.1. The number of nitrogens with two attached hydrogens (primary N) is 1. The molecule has 10 nitrogen and oxygen atoms in total. The van der Waals surface area contributed by atoms with Crippen LogP contribution in [0, 0.1) is 0 Å². The van der Waals surface area contributed by atoms with E-state index >= 15 is 0 Å². The topological polar surface area (TPSA) is 162 Å². The van der Waals surface area contributed by atoms with E-state index in [-0.39, 0.29) is 12.3 Å². The van der Waals surface area contributed by atoms with Gasteiger partial charge in [0.15, 0.2) is 0 Å². The van der Waals surface area contributed by atoms with Gasteiger partial charge in [0.25, 0.3) is 0 Å². The Morgan fingerprint density at radius 3 is 2.39 bits per heavy atom. The molecule has 28 heavy (non-hydrogen) atoms. The second-order valence-electron chi connectivity index (χ2n) is 6.89. The molecule has 0 aromatic carbocycles. The summed E-state index contributed by atoms with van der Waals surface area (Å²) in [5.41, 5.74) is 5.61. The van der Waals surface area contributed by atoms with Crippen molar-refractivity contribution < 1.29 is 29.4 Å². The van der Waals surface area contributed by atoms with Crippen molar-refractivity contribution in [1.29, 1.82) is 0 Å². The molecule has 0 spiro atoms. The number of aliphatic hydroxyl groups excluding tert-OH is 1. The molecule has 1 saturated heterocycles. The lowest BCUT2D eigenvalue weighted by Crippen LogP contribution is -2.59. The van der Waals surface area contributed by atoms with E-state index in [9.17, 15) is 29.4 Å². The van der Waals surface area contributed by atoms with E-state index in [1.54, 1.807) is 0 Å². The summed E-state index contributed by atoms with van der Waals surface area (Å²) in [5, 5.41) is 24.0. The minimum atomic E-state index is -1.34. The predicted octanol–water partition coefficient (Wildman–Crippen LogP) is -1.49. The van der Waals surface area contributed by atoms with Crippen molar-refractivity contribution in [2.24, 2.45) is 5.73 Å². The number of carbonyl (C=O) groups is 4. The maximum Gasteiger partial charge on any atom is 0.326 e. The van der Waals surface area contributed by atoms with Crippen molar-refractivity contribution >= 4 is 35.5 Å². The molecule has 1 fully saturated rings. The lowest BCUT2D eigenvalue weighted by molar-refractivity contribution is -0.144. The molecule has 1 aliphatic heterocycles. The highest BCUT2D eigenvalue weighted by Gasteiger charge is 2.38. The normalized spacial score (nSPS) is 20.8. The summed E-state index contributed by atoms with van der Waals surface area (Å²) in [4.78, 5) is 50.0. The van der Waals surface area contributed by atoms with Crippen LogP contribution >= 0.6 is 11.8 Å². The zero-order valence-corrected chi connectivity index (χ0v) is 17.2. The molecular formula is C17H30N4O6S. The van der Waals surface area contributed by atoms with Crippen molar-refractivity contribution in [3.8, 4) is 0 Å². The molecule has 0 aromatic heterocycles. The van der Waals surface area contributed by atoms with Crippen molar-refractivity contribution in [3.63, 3.8) is 0 Å². The number of thioether (sulfide) groups is 1. The summed E-state index contributed by atoms with van der Waals surface area (Å²) < 4.78 is 0. The quantitative estimate of drug-likeness (QED) is 0.287. The number of nitrogens with zero attached hydrogens (tertiary/aromatic N) is 1. The van der Waals surface area contributed by atoms with E-state index in [1.165, 1.54) is 30.5 Å². The SMILES string of the molecule is CSCCC(NC(=O)C(NC(=O)C1CCCN1C(=O)C(C)N)C(C)O)C(=O)O. The van der Waals surface area contributed by atoms with Crippen molar-refractivity contribution in [2.45, 2.75) is 63.4 Å². The highest BCUT2D eigenvalue weighted by molar-refractivity contribution is 7.98. The highest BCUT2D eigenvalue weighted by atomic mass is 32.2. The minimum Gasteiger partial charge on any atom is -0.480 e.